The average Bonchev–Trinajstić information content (AvgIpc) is 2.90. The highest BCUT2D eigenvalue weighted by atomic mass is 16.5. The lowest BCUT2D eigenvalue weighted by Crippen LogP contribution is -2.14. The minimum Gasteiger partial charge on any atom is -0.493 e. The summed E-state index contributed by atoms with van der Waals surface area (Å²) >= 11 is 0. The minimum absolute atomic E-state index is 0.0462. The van der Waals surface area contributed by atoms with Crippen LogP contribution in [0.4, 0.5) is 0 Å². The normalized spacial score (nSPS) is 10.8. The van der Waals surface area contributed by atoms with Crippen molar-refractivity contribution in [2.24, 2.45) is 0 Å². The van der Waals surface area contributed by atoms with Crippen molar-refractivity contribution in [3.05, 3.63) is 42.0 Å². The summed E-state index contributed by atoms with van der Waals surface area (Å²) in [5, 5.41) is 4.22. The van der Waals surface area contributed by atoms with Gasteiger partial charge in [0, 0.05) is 24.9 Å². The van der Waals surface area contributed by atoms with Crippen LogP contribution in [0, 0.1) is 0 Å². The molecule has 0 spiro atoms. The second-order valence-corrected chi connectivity index (χ2v) is 4.88. The zero-order chi connectivity index (χ0) is 14.5. The summed E-state index contributed by atoms with van der Waals surface area (Å²) in [6, 6.07) is 3.97. The van der Waals surface area contributed by atoms with E-state index in [-0.39, 0.29) is 11.8 Å². The van der Waals surface area contributed by atoms with Gasteiger partial charge in [0.15, 0.2) is 11.5 Å². The van der Waals surface area contributed by atoms with E-state index in [0.717, 1.165) is 5.56 Å². The maximum Gasteiger partial charge on any atom is 0.185 e. The maximum atomic E-state index is 12.4. The highest BCUT2D eigenvalue weighted by Crippen LogP contribution is 2.23. The lowest BCUT2D eigenvalue weighted by molar-refractivity contribution is 0.0967. The Hall–Kier alpha value is -2.17. The van der Waals surface area contributed by atoms with Crippen molar-refractivity contribution in [1.82, 2.24) is 14.8 Å². The summed E-state index contributed by atoms with van der Waals surface area (Å²) in [7, 11) is 1.56. The van der Waals surface area contributed by atoms with Crippen LogP contribution < -0.4 is 4.74 Å². The quantitative estimate of drug-likeness (QED) is 0.759. The molecule has 0 N–H and O–H groups in total. The predicted octanol–water partition coefficient (Wildman–Crippen LogP) is 2.68. The Labute approximate surface area is 118 Å². The van der Waals surface area contributed by atoms with E-state index in [2.05, 4.69) is 10.1 Å². The van der Waals surface area contributed by atoms with Gasteiger partial charge in [0.05, 0.1) is 13.3 Å². The van der Waals surface area contributed by atoms with E-state index in [4.69, 9.17) is 4.74 Å². The highest BCUT2D eigenvalue weighted by molar-refractivity contribution is 5.97. The Bertz CT molecular complexity index is 576. The molecule has 2 aromatic heterocycles. The standard InChI is InChI=1S/C15H19N3O2/c1-11(2)18-15(14(20-3)10-17-18)13(19)5-4-12-6-8-16-9-7-12/h6-11H,4-5H2,1-3H3. The summed E-state index contributed by atoms with van der Waals surface area (Å²) in [4.78, 5) is 16.4. The molecule has 0 amide bonds. The van der Waals surface area contributed by atoms with E-state index < -0.39 is 0 Å². The number of hydrogen-bond donors (Lipinski definition) is 0. The smallest absolute Gasteiger partial charge is 0.185 e. The summed E-state index contributed by atoms with van der Waals surface area (Å²) in [5.74, 6) is 0.586. The van der Waals surface area contributed by atoms with E-state index in [1.165, 1.54) is 0 Å². The summed E-state index contributed by atoms with van der Waals surface area (Å²) in [6.07, 6.45) is 6.18. The Morgan fingerprint density at radius 2 is 2.05 bits per heavy atom. The van der Waals surface area contributed by atoms with E-state index in [1.807, 2.05) is 26.0 Å². The zero-order valence-electron chi connectivity index (χ0n) is 12.0. The molecule has 0 radical (unpaired) electrons. The highest BCUT2D eigenvalue weighted by Gasteiger charge is 2.20. The van der Waals surface area contributed by atoms with Crippen LogP contribution in [-0.2, 0) is 6.42 Å². The predicted molar refractivity (Wildman–Crippen MR) is 76.1 cm³/mol. The molecule has 0 atom stereocenters. The largest absolute Gasteiger partial charge is 0.493 e. The van der Waals surface area contributed by atoms with Crippen molar-refractivity contribution in [2.75, 3.05) is 7.11 Å². The molecular weight excluding hydrogens is 254 g/mol. The summed E-state index contributed by atoms with van der Waals surface area (Å²) in [6.45, 7) is 3.98. The van der Waals surface area contributed by atoms with Gasteiger partial charge in [-0.2, -0.15) is 5.10 Å². The Morgan fingerprint density at radius 3 is 2.65 bits per heavy atom. The van der Waals surface area contributed by atoms with Crippen molar-refractivity contribution in [2.45, 2.75) is 32.7 Å². The Morgan fingerprint density at radius 1 is 1.35 bits per heavy atom. The molecule has 0 aliphatic heterocycles. The zero-order valence-corrected chi connectivity index (χ0v) is 12.0. The molecule has 5 nitrogen and oxygen atoms in total. The Balaban J connectivity index is 2.14. The first-order valence-electron chi connectivity index (χ1n) is 6.67. The molecule has 2 aromatic rings. The maximum absolute atomic E-state index is 12.4. The molecule has 0 aliphatic carbocycles. The lowest BCUT2D eigenvalue weighted by Gasteiger charge is -2.11. The van der Waals surface area contributed by atoms with Gasteiger partial charge in [-0.25, -0.2) is 0 Å². The average molecular weight is 273 g/mol. The number of carbonyl (C=O) groups is 1. The number of pyridine rings is 1. The number of methoxy groups -OCH3 is 1. The van der Waals surface area contributed by atoms with E-state index in [0.29, 0.717) is 24.3 Å². The van der Waals surface area contributed by atoms with E-state index in [9.17, 15) is 4.79 Å². The van der Waals surface area contributed by atoms with Crippen LogP contribution in [-0.4, -0.2) is 27.7 Å². The summed E-state index contributed by atoms with van der Waals surface area (Å²) < 4.78 is 6.95. The number of carbonyl (C=O) groups excluding carboxylic acids is 1. The molecule has 20 heavy (non-hydrogen) atoms. The van der Waals surface area contributed by atoms with Crippen molar-refractivity contribution in [3.8, 4) is 5.75 Å². The molecular formula is C15H19N3O2. The summed E-state index contributed by atoms with van der Waals surface area (Å²) in [5.41, 5.74) is 1.65. The van der Waals surface area contributed by atoms with Crippen molar-refractivity contribution >= 4 is 5.78 Å². The van der Waals surface area contributed by atoms with Gasteiger partial charge < -0.3 is 4.74 Å². The monoisotopic (exact) mass is 273 g/mol. The van der Waals surface area contributed by atoms with E-state index >= 15 is 0 Å². The molecule has 0 unspecified atom stereocenters. The number of nitrogens with zero attached hydrogens (tertiary/aromatic N) is 3. The SMILES string of the molecule is COc1cnn(C(C)C)c1C(=O)CCc1ccncc1. The number of hydrogen-bond acceptors (Lipinski definition) is 4. The van der Waals surface area contributed by atoms with Gasteiger partial charge in [0.25, 0.3) is 0 Å². The van der Waals surface area contributed by atoms with Gasteiger partial charge in [0.1, 0.15) is 5.69 Å². The molecule has 0 saturated carbocycles. The molecule has 0 bridgehead atoms. The number of rotatable bonds is 6. The number of ketones is 1. The minimum atomic E-state index is 0.0462. The first-order chi connectivity index (χ1) is 9.63. The van der Waals surface area contributed by atoms with Gasteiger partial charge in [-0.3, -0.25) is 14.5 Å². The van der Waals surface area contributed by atoms with Crippen molar-refractivity contribution in [3.63, 3.8) is 0 Å². The van der Waals surface area contributed by atoms with E-state index in [1.54, 1.807) is 30.4 Å². The van der Waals surface area contributed by atoms with Gasteiger partial charge >= 0.3 is 0 Å². The van der Waals surface area contributed by atoms with Crippen LogP contribution in [0.15, 0.2) is 30.7 Å². The molecule has 2 rings (SSSR count). The van der Waals surface area contributed by atoms with Crippen LogP contribution in [0.25, 0.3) is 0 Å². The van der Waals surface area contributed by atoms with Gasteiger partial charge in [-0.05, 0) is 38.0 Å². The molecule has 0 saturated heterocycles. The third-order valence-electron chi connectivity index (χ3n) is 3.13. The van der Waals surface area contributed by atoms with Gasteiger partial charge in [-0.1, -0.05) is 0 Å². The third kappa shape index (κ3) is 3.04. The van der Waals surface area contributed by atoms with Crippen molar-refractivity contribution in [1.29, 1.82) is 0 Å². The molecule has 106 valence electrons. The molecule has 2 heterocycles. The fraction of sp³-hybridized carbons (Fsp3) is 0.400. The third-order valence-corrected chi connectivity index (χ3v) is 3.13. The second-order valence-electron chi connectivity index (χ2n) is 4.88. The first kappa shape index (κ1) is 14.2. The van der Waals surface area contributed by atoms with Crippen LogP contribution in [0.3, 0.4) is 0 Å². The lowest BCUT2D eigenvalue weighted by atomic mass is 10.1. The topological polar surface area (TPSA) is 57.0 Å². The van der Waals surface area contributed by atoms with Crippen LogP contribution in [0.1, 0.15) is 42.4 Å². The molecule has 0 aliphatic rings. The van der Waals surface area contributed by atoms with Crippen LogP contribution in [0.2, 0.25) is 0 Å². The first-order valence-corrected chi connectivity index (χ1v) is 6.67. The van der Waals surface area contributed by atoms with Gasteiger partial charge in [-0.15, -0.1) is 0 Å². The Kier molecular flexibility index (Phi) is 4.50. The molecule has 5 heteroatoms. The van der Waals surface area contributed by atoms with Gasteiger partial charge in [0.2, 0.25) is 0 Å². The molecule has 0 aromatic carbocycles. The molecule has 0 fully saturated rings. The number of aromatic nitrogens is 3. The number of ether oxygens (including phenoxy) is 1. The van der Waals surface area contributed by atoms with Crippen LogP contribution >= 0.6 is 0 Å². The fourth-order valence-electron chi connectivity index (χ4n) is 2.08. The van der Waals surface area contributed by atoms with Crippen LogP contribution in [0.5, 0.6) is 5.75 Å². The fourth-order valence-corrected chi connectivity index (χ4v) is 2.08. The second kappa shape index (κ2) is 6.32. The number of Topliss-reactive ketones (excluding diaryl/α,β-unsaturated/α-hetero) is 1. The number of aryl methyl sites for hydroxylation is 1. The van der Waals surface area contributed by atoms with Crippen molar-refractivity contribution < 1.29 is 9.53 Å².